The van der Waals surface area contributed by atoms with Crippen LogP contribution in [0.15, 0.2) is 41.6 Å². The van der Waals surface area contributed by atoms with Crippen molar-refractivity contribution in [1.82, 2.24) is 19.6 Å². The first-order chi connectivity index (χ1) is 19.1. The van der Waals surface area contributed by atoms with Crippen LogP contribution in [0.1, 0.15) is 17.5 Å². The van der Waals surface area contributed by atoms with Crippen LogP contribution in [0.25, 0.3) is 10.8 Å². The second-order valence-electron chi connectivity index (χ2n) is 9.68. The number of halogens is 3. The number of amides is 1. The Morgan fingerprint density at radius 2 is 2.00 bits per heavy atom. The third-order valence-electron chi connectivity index (χ3n) is 6.57. The first-order valence-corrected chi connectivity index (χ1v) is 13.7. The van der Waals surface area contributed by atoms with E-state index in [2.05, 4.69) is 19.4 Å². The van der Waals surface area contributed by atoms with E-state index >= 15 is 0 Å². The lowest BCUT2D eigenvalue weighted by molar-refractivity contribution is -0.274. The predicted molar refractivity (Wildman–Crippen MR) is 142 cm³/mol. The van der Waals surface area contributed by atoms with Gasteiger partial charge in [0.15, 0.2) is 0 Å². The molecule has 1 unspecified atom stereocenters. The summed E-state index contributed by atoms with van der Waals surface area (Å²) >= 11 is 0. The Labute approximate surface area is 233 Å². The largest absolute Gasteiger partial charge is 0.573 e. The molecule has 1 aliphatic rings. The lowest BCUT2D eigenvalue weighted by atomic mass is 10.00. The fourth-order valence-electron chi connectivity index (χ4n) is 4.72. The molecule has 12 nitrogen and oxygen atoms in total. The van der Waals surface area contributed by atoms with E-state index in [0.717, 1.165) is 17.2 Å². The Hall–Kier alpha value is -4.18. The van der Waals surface area contributed by atoms with E-state index in [1.807, 2.05) is 0 Å². The summed E-state index contributed by atoms with van der Waals surface area (Å²) in [6, 6.07) is 2.27. The molecule has 1 amide bonds. The maximum atomic E-state index is 13.2. The van der Waals surface area contributed by atoms with Crippen LogP contribution >= 0.6 is 0 Å². The van der Waals surface area contributed by atoms with E-state index in [1.165, 1.54) is 24.4 Å². The number of fused-ring (bicyclic) bond motifs is 1. The number of aryl methyl sites for hydroxylation is 1. The van der Waals surface area contributed by atoms with Crippen LogP contribution in [0.2, 0.25) is 0 Å². The van der Waals surface area contributed by atoms with E-state index < -0.39 is 52.5 Å². The summed E-state index contributed by atoms with van der Waals surface area (Å²) in [5.74, 6) is -2.51. The van der Waals surface area contributed by atoms with Crippen molar-refractivity contribution in [2.24, 2.45) is 0 Å². The van der Waals surface area contributed by atoms with Crippen LogP contribution in [0.5, 0.6) is 5.75 Å². The number of nitrogens with one attached hydrogen (secondary N) is 1. The Morgan fingerprint density at radius 3 is 2.61 bits per heavy atom. The van der Waals surface area contributed by atoms with E-state index in [-0.39, 0.29) is 34.6 Å². The van der Waals surface area contributed by atoms with Crippen molar-refractivity contribution in [3.63, 3.8) is 0 Å². The maximum Gasteiger partial charge on any atom is 0.573 e. The SMILES string of the molecule is Cc1cc(S(=O)(=O)N[C@H]2CCN(C(Cc3cc4ccnc(N)c4cc3OC(F)(F)F)C(=O)O)C2=O)cnc1N(C)C. The van der Waals surface area contributed by atoms with Gasteiger partial charge in [-0.2, -0.15) is 4.72 Å². The predicted octanol–water partition coefficient (Wildman–Crippen LogP) is 2.06. The summed E-state index contributed by atoms with van der Waals surface area (Å²) in [7, 11) is -0.724. The molecular formula is C25H27F3N6O6S. The molecule has 2 aromatic heterocycles. The minimum absolute atomic E-state index is 0.0533. The lowest BCUT2D eigenvalue weighted by Crippen LogP contribution is -2.48. The van der Waals surface area contributed by atoms with Gasteiger partial charge >= 0.3 is 12.3 Å². The molecule has 16 heteroatoms. The third kappa shape index (κ3) is 6.43. The highest BCUT2D eigenvalue weighted by Crippen LogP contribution is 2.34. The number of pyridine rings is 2. The molecule has 3 heterocycles. The normalized spacial score (nSPS) is 16.7. The number of alkyl halides is 3. The number of hydrogen-bond donors (Lipinski definition) is 3. The summed E-state index contributed by atoms with van der Waals surface area (Å²) in [5.41, 5.74) is 6.22. The molecular weight excluding hydrogens is 569 g/mol. The number of ether oxygens (including phenoxy) is 1. The number of sulfonamides is 1. The number of carbonyl (C=O) groups is 2. The number of aromatic nitrogens is 2. The minimum Gasteiger partial charge on any atom is -0.480 e. The van der Waals surface area contributed by atoms with Gasteiger partial charge in [0.25, 0.3) is 0 Å². The number of hydrogen-bond acceptors (Lipinski definition) is 9. The zero-order valence-corrected chi connectivity index (χ0v) is 23.0. The molecule has 0 saturated carbocycles. The van der Waals surface area contributed by atoms with Crippen molar-refractivity contribution in [3.05, 3.63) is 47.8 Å². The van der Waals surface area contributed by atoms with Crippen LogP contribution in [0.3, 0.4) is 0 Å². The van der Waals surface area contributed by atoms with E-state index in [4.69, 9.17) is 5.73 Å². The molecule has 1 aromatic carbocycles. The highest BCUT2D eigenvalue weighted by Gasteiger charge is 2.42. The standard InChI is InChI=1S/C25H27F3N6O6S/c1-13-8-16(12-31-22(13)33(2)3)41(38,39)32-18-5-7-34(23(18)35)19(24(36)37)10-15-9-14-4-6-30-21(29)17(14)11-20(15)40-25(26,27)28/h4,6,8-9,11-12,18-19,32H,5,7,10H2,1-3H3,(H2,29,30)(H,36,37)/t18-,19?/m0/s1. The molecule has 4 N–H and O–H groups in total. The molecule has 0 spiro atoms. The molecule has 3 aromatic rings. The molecule has 0 radical (unpaired) electrons. The Morgan fingerprint density at radius 1 is 1.29 bits per heavy atom. The summed E-state index contributed by atoms with van der Waals surface area (Å²) < 4.78 is 72.1. The maximum absolute atomic E-state index is 13.2. The smallest absolute Gasteiger partial charge is 0.480 e. The quantitative estimate of drug-likeness (QED) is 0.333. The van der Waals surface area contributed by atoms with Gasteiger partial charge in [0.2, 0.25) is 15.9 Å². The number of likely N-dealkylation sites (tertiary alicyclic amines) is 1. The Balaban J connectivity index is 1.60. The number of carbonyl (C=O) groups excluding carboxylic acids is 1. The van der Waals surface area contributed by atoms with Crippen molar-refractivity contribution < 1.29 is 41.0 Å². The van der Waals surface area contributed by atoms with E-state index in [9.17, 15) is 36.3 Å². The van der Waals surface area contributed by atoms with Gasteiger partial charge in [-0.25, -0.2) is 23.2 Å². The van der Waals surface area contributed by atoms with Gasteiger partial charge in [0.1, 0.15) is 34.4 Å². The van der Waals surface area contributed by atoms with Crippen molar-refractivity contribution in [3.8, 4) is 5.75 Å². The number of aliphatic carboxylic acids is 1. The second-order valence-corrected chi connectivity index (χ2v) is 11.4. The van der Waals surface area contributed by atoms with Gasteiger partial charge in [0, 0.05) is 44.8 Å². The van der Waals surface area contributed by atoms with Crippen LogP contribution in [-0.2, 0) is 26.0 Å². The zero-order chi connectivity index (χ0) is 30.3. The van der Waals surface area contributed by atoms with Gasteiger partial charge in [0.05, 0.1) is 0 Å². The molecule has 41 heavy (non-hydrogen) atoms. The monoisotopic (exact) mass is 596 g/mol. The van der Waals surface area contributed by atoms with Crippen LogP contribution < -0.4 is 20.1 Å². The Bertz CT molecular complexity index is 1620. The molecule has 2 atom stereocenters. The van der Waals surface area contributed by atoms with Crippen molar-refractivity contribution >= 4 is 44.3 Å². The highest BCUT2D eigenvalue weighted by atomic mass is 32.2. The number of benzene rings is 1. The highest BCUT2D eigenvalue weighted by molar-refractivity contribution is 7.89. The van der Waals surface area contributed by atoms with Gasteiger partial charge in [-0.1, -0.05) is 0 Å². The van der Waals surface area contributed by atoms with Gasteiger partial charge in [-0.3, -0.25) is 4.79 Å². The number of nitrogens with zero attached hydrogens (tertiary/aromatic N) is 4. The lowest BCUT2D eigenvalue weighted by Gasteiger charge is -2.26. The summed E-state index contributed by atoms with van der Waals surface area (Å²) in [4.78, 5) is 35.9. The first kappa shape index (κ1) is 29.8. The van der Waals surface area contributed by atoms with Crippen molar-refractivity contribution in [1.29, 1.82) is 0 Å². The van der Waals surface area contributed by atoms with Crippen molar-refractivity contribution in [2.75, 3.05) is 31.3 Å². The summed E-state index contributed by atoms with van der Waals surface area (Å²) in [6.45, 7) is 1.52. The van der Waals surface area contributed by atoms with E-state index in [1.54, 1.807) is 25.9 Å². The average Bonchev–Trinajstić information content (AvgIpc) is 3.20. The molecule has 4 rings (SSSR count). The minimum atomic E-state index is -5.09. The number of nitrogens with two attached hydrogens (primary N) is 1. The van der Waals surface area contributed by atoms with Gasteiger partial charge < -0.3 is 25.4 Å². The molecule has 220 valence electrons. The summed E-state index contributed by atoms with van der Waals surface area (Å²) in [6.07, 6.45) is -3.23. The number of carboxylic acids is 1. The Kier molecular flexibility index (Phi) is 8.00. The van der Waals surface area contributed by atoms with Gasteiger partial charge in [-0.05, 0) is 54.1 Å². The topological polar surface area (TPSA) is 168 Å². The van der Waals surface area contributed by atoms with E-state index in [0.29, 0.717) is 16.8 Å². The molecule has 1 fully saturated rings. The fraction of sp³-hybridized carbons (Fsp3) is 0.360. The molecule has 0 aliphatic carbocycles. The zero-order valence-electron chi connectivity index (χ0n) is 22.1. The third-order valence-corrected chi connectivity index (χ3v) is 8.01. The second kappa shape index (κ2) is 11.0. The van der Waals surface area contributed by atoms with Gasteiger partial charge in [-0.15, -0.1) is 13.2 Å². The number of nitrogen functional groups attached to an aromatic ring is 1. The van der Waals surface area contributed by atoms with Crippen LogP contribution in [-0.4, -0.2) is 79.4 Å². The van der Waals surface area contributed by atoms with Crippen LogP contribution in [0.4, 0.5) is 24.8 Å². The van der Waals surface area contributed by atoms with Crippen molar-refractivity contribution in [2.45, 2.75) is 43.1 Å². The molecule has 1 saturated heterocycles. The average molecular weight is 597 g/mol. The molecule has 1 aliphatic heterocycles. The fourth-order valence-corrected chi connectivity index (χ4v) is 5.97. The molecule has 0 bridgehead atoms. The number of carboxylic acid groups (broad SMARTS) is 1. The first-order valence-electron chi connectivity index (χ1n) is 12.2. The van der Waals surface area contributed by atoms with Crippen LogP contribution in [0, 0.1) is 6.92 Å². The summed E-state index contributed by atoms with van der Waals surface area (Å²) in [5, 5.41) is 10.5. The number of rotatable bonds is 9. The number of anilines is 2.